The van der Waals surface area contributed by atoms with Crippen LogP contribution in [0.15, 0.2) is 0 Å². The van der Waals surface area contributed by atoms with Crippen LogP contribution in [0.4, 0.5) is 0 Å². The molecule has 0 heterocycles. The summed E-state index contributed by atoms with van der Waals surface area (Å²) >= 11 is 0. The number of rotatable bonds is 17. The molecule has 12 heteroatoms. The SMILES string of the molecule is CNC(=O)C(CC(C)C)NCC(NC(=O)C(=O)[C@H](CC(N)=O)NN[C@H](C=O)CO)C(C)C. The molecule has 0 aliphatic rings. The van der Waals surface area contributed by atoms with E-state index in [4.69, 9.17) is 10.8 Å². The predicted molar refractivity (Wildman–Crippen MR) is 118 cm³/mol. The summed E-state index contributed by atoms with van der Waals surface area (Å²) in [6.45, 7) is 7.37. The van der Waals surface area contributed by atoms with E-state index in [1.807, 2.05) is 27.7 Å². The van der Waals surface area contributed by atoms with Crippen LogP contribution in [0.1, 0.15) is 40.5 Å². The molecule has 0 aromatic carbocycles. The summed E-state index contributed by atoms with van der Waals surface area (Å²) < 4.78 is 0. The summed E-state index contributed by atoms with van der Waals surface area (Å²) in [7, 11) is 1.55. The Morgan fingerprint density at radius 2 is 1.66 bits per heavy atom. The third-order valence-electron chi connectivity index (χ3n) is 4.72. The fraction of sp³-hybridized carbons (Fsp3) is 0.750. The first-order valence-corrected chi connectivity index (χ1v) is 10.6. The first kappa shape index (κ1) is 29.6. The van der Waals surface area contributed by atoms with Gasteiger partial charge in [-0.25, -0.2) is 10.9 Å². The molecule has 0 saturated heterocycles. The highest BCUT2D eigenvalue weighted by molar-refractivity contribution is 6.38. The lowest BCUT2D eigenvalue weighted by molar-refractivity contribution is -0.140. The maximum absolute atomic E-state index is 12.6. The smallest absolute Gasteiger partial charge is 0.289 e. The van der Waals surface area contributed by atoms with Crippen LogP contribution in [0.3, 0.4) is 0 Å². The average Bonchev–Trinajstić information content (AvgIpc) is 2.73. The van der Waals surface area contributed by atoms with Crippen molar-refractivity contribution in [3.05, 3.63) is 0 Å². The van der Waals surface area contributed by atoms with Gasteiger partial charge in [0.1, 0.15) is 6.29 Å². The normalized spacial score (nSPS) is 15.0. The Bertz CT molecular complexity index is 642. The summed E-state index contributed by atoms with van der Waals surface area (Å²) in [5.74, 6) is -2.72. The van der Waals surface area contributed by atoms with Crippen molar-refractivity contribution >= 4 is 29.8 Å². The molecule has 4 atom stereocenters. The van der Waals surface area contributed by atoms with Crippen LogP contribution >= 0.6 is 0 Å². The molecule has 8 N–H and O–H groups in total. The van der Waals surface area contributed by atoms with E-state index in [1.165, 1.54) is 0 Å². The second kappa shape index (κ2) is 15.4. The Labute approximate surface area is 188 Å². The van der Waals surface area contributed by atoms with Gasteiger partial charge in [0.05, 0.1) is 31.2 Å². The van der Waals surface area contributed by atoms with E-state index in [0.717, 1.165) is 0 Å². The van der Waals surface area contributed by atoms with Crippen molar-refractivity contribution in [2.24, 2.45) is 17.6 Å². The molecule has 12 nitrogen and oxygen atoms in total. The molecular formula is C20H38N6O6. The van der Waals surface area contributed by atoms with Crippen LogP contribution in [0.2, 0.25) is 0 Å². The lowest BCUT2D eigenvalue weighted by Crippen LogP contribution is -2.58. The van der Waals surface area contributed by atoms with Gasteiger partial charge >= 0.3 is 0 Å². The Hall–Kier alpha value is -2.41. The highest BCUT2D eigenvalue weighted by atomic mass is 16.3. The van der Waals surface area contributed by atoms with E-state index in [1.54, 1.807) is 7.05 Å². The van der Waals surface area contributed by atoms with Gasteiger partial charge in [0, 0.05) is 19.6 Å². The second-order valence-corrected chi connectivity index (χ2v) is 8.33. The van der Waals surface area contributed by atoms with Crippen molar-refractivity contribution in [3.63, 3.8) is 0 Å². The zero-order valence-corrected chi connectivity index (χ0v) is 19.4. The van der Waals surface area contributed by atoms with E-state index < -0.39 is 54.8 Å². The van der Waals surface area contributed by atoms with E-state index in [0.29, 0.717) is 12.7 Å². The number of aldehydes is 1. The highest BCUT2D eigenvalue weighted by Gasteiger charge is 2.30. The zero-order chi connectivity index (χ0) is 24.8. The Balaban J connectivity index is 5.20. The number of likely N-dealkylation sites (N-methyl/N-ethyl adjacent to an activating group) is 1. The number of carbonyl (C=O) groups is 5. The first-order chi connectivity index (χ1) is 15.0. The molecule has 2 unspecified atom stereocenters. The Kier molecular flexibility index (Phi) is 14.2. The van der Waals surface area contributed by atoms with Gasteiger partial charge in [-0.3, -0.25) is 19.2 Å². The molecule has 0 bridgehead atoms. The van der Waals surface area contributed by atoms with Crippen molar-refractivity contribution in [3.8, 4) is 0 Å². The molecule has 0 radical (unpaired) electrons. The van der Waals surface area contributed by atoms with Crippen LogP contribution in [0.5, 0.6) is 0 Å². The number of nitrogens with one attached hydrogen (secondary N) is 5. The van der Waals surface area contributed by atoms with Crippen molar-refractivity contribution in [1.29, 1.82) is 0 Å². The minimum Gasteiger partial charge on any atom is -0.394 e. The number of ketones is 1. The number of amides is 3. The summed E-state index contributed by atoms with van der Waals surface area (Å²) in [6, 6.07) is -3.30. The molecule has 3 amide bonds. The van der Waals surface area contributed by atoms with Crippen LogP contribution in [-0.2, 0) is 24.0 Å². The standard InChI is InChI=1S/C20H38N6O6/c1-11(2)6-15(19(31)22-5)23-8-16(12(3)4)24-20(32)18(30)14(7-17(21)29)26-25-13(9-27)10-28/h9,11-16,23,25-26,28H,6-8,10H2,1-5H3,(H2,21,29)(H,22,31)(H,24,32)/t13-,14+,15?,16?/m1/s1. The van der Waals surface area contributed by atoms with Crippen molar-refractivity contribution in [1.82, 2.24) is 26.8 Å². The summed E-state index contributed by atoms with van der Waals surface area (Å²) in [4.78, 5) is 59.4. The van der Waals surface area contributed by atoms with Gasteiger partial charge in [-0.15, -0.1) is 0 Å². The fourth-order valence-corrected chi connectivity index (χ4v) is 2.79. The van der Waals surface area contributed by atoms with Crippen molar-refractivity contribution in [2.45, 2.75) is 64.7 Å². The molecule has 32 heavy (non-hydrogen) atoms. The fourth-order valence-electron chi connectivity index (χ4n) is 2.79. The van der Waals surface area contributed by atoms with E-state index in [-0.39, 0.29) is 24.3 Å². The lowest BCUT2D eigenvalue weighted by Gasteiger charge is -2.27. The number of Topliss-reactive ketones (excluding diaryl/α,β-unsaturated/α-hetero) is 1. The third kappa shape index (κ3) is 11.3. The molecule has 0 aliphatic heterocycles. The first-order valence-electron chi connectivity index (χ1n) is 10.6. The second-order valence-electron chi connectivity index (χ2n) is 8.33. The van der Waals surface area contributed by atoms with Gasteiger partial charge in [0.25, 0.3) is 5.91 Å². The maximum Gasteiger partial charge on any atom is 0.289 e. The topological polar surface area (TPSA) is 192 Å². The number of hydrazine groups is 1. The molecule has 0 saturated carbocycles. The van der Waals surface area contributed by atoms with E-state index in [9.17, 15) is 24.0 Å². The Morgan fingerprint density at radius 3 is 2.09 bits per heavy atom. The molecule has 0 aromatic rings. The monoisotopic (exact) mass is 458 g/mol. The summed E-state index contributed by atoms with van der Waals surface area (Å²) in [5.41, 5.74) is 9.95. The molecule has 0 fully saturated rings. The quantitative estimate of drug-likeness (QED) is 0.0692. The Morgan fingerprint density at radius 1 is 1.03 bits per heavy atom. The lowest BCUT2D eigenvalue weighted by atomic mass is 10.00. The van der Waals surface area contributed by atoms with Crippen molar-refractivity contribution < 1.29 is 29.1 Å². The van der Waals surface area contributed by atoms with Crippen LogP contribution in [-0.4, -0.2) is 79.3 Å². The van der Waals surface area contributed by atoms with Gasteiger partial charge in [0.15, 0.2) is 0 Å². The minimum atomic E-state index is -1.33. The van der Waals surface area contributed by atoms with Gasteiger partial charge in [0.2, 0.25) is 17.6 Å². The van der Waals surface area contributed by atoms with E-state index >= 15 is 0 Å². The molecule has 0 rings (SSSR count). The molecule has 0 aliphatic carbocycles. The van der Waals surface area contributed by atoms with Crippen molar-refractivity contribution in [2.75, 3.05) is 20.2 Å². The molecule has 184 valence electrons. The van der Waals surface area contributed by atoms with Gasteiger partial charge in [-0.1, -0.05) is 27.7 Å². The van der Waals surface area contributed by atoms with Gasteiger partial charge < -0.3 is 31.6 Å². The number of aliphatic hydroxyl groups excluding tert-OH is 1. The van der Waals surface area contributed by atoms with Crippen LogP contribution < -0.4 is 32.5 Å². The van der Waals surface area contributed by atoms with Crippen LogP contribution in [0, 0.1) is 11.8 Å². The number of primary amides is 1. The molecule has 0 spiro atoms. The predicted octanol–water partition coefficient (Wildman–Crippen LogP) is -2.66. The number of hydrogen-bond acceptors (Lipinski definition) is 9. The van der Waals surface area contributed by atoms with Gasteiger partial charge in [-0.2, -0.15) is 0 Å². The number of hydrogen-bond donors (Lipinski definition) is 7. The zero-order valence-electron chi connectivity index (χ0n) is 19.4. The highest BCUT2D eigenvalue weighted by Crippen LogP contribution is 2.07. The number of carbonyl (C=O) groups excluding carboxylic acids is 5. The minimum absolute atomic E-state index is 0.0712. The largest absolute Gasteiger partial charge is 0.394 e. The maximum atomic E-state index is 12.6. The number of aliphatic hydroxyl groups is 1. The summed E-state index contributed by atoms with van der Waals surface area (Å²) in [5, 5.41) is 17.4. The van der Waals surface area contributed by atoms with Crippen LogP contribution in [0.25, 0.3) is 0 Å². The summed E-state index contributed by atoms with van der Waals surface area (Å²) in [6.07, 6.45) is 0.504. The van der Waals surface area contributed by atoms with Gasteiger partial charge in [-0.05, 0) is 18.3 Å². The molecule has 0 aromatic heterocycles. The molecular weight excluding hydrogens is 420 g/mol. The third-order valence-corrected chi connectivity index (χ3v) is 4.72. The number of nitrogens with two attached hydrogens (primary N) is 1. The van der Waals surface area contributed by atoms with E-state index in [2.05, 4.69) is 26.8 Å². The average molecular weight is 459 g/mol.